The van der Waals surface area contributed by atoms with Gasteiger partial charge in [0.25, 0.3) is 0 Å². The molecular formula is C13H15ClN4OS2. The second-order valence-corrected chi connectivity index (χ2v) is 7.16. The standard InChI is InChI=1S/C13H15ClN4OS2/c1-3-15-12-17-18-13(21-12)20-8(2)11(19)16-10-6-4-9(14)5-7-10/h4-8H,3H2,1-2H3,(H,15,17)(H,16,19)/t8-/m1/s1. The summed E-state index contributed by atoms with van der Waals surface area (Å²) in [6.45, 7) is 4.63. The lowest BCUT2D eigenvalue weighted by Crippen LogP contribution is -2.22. The number of hydrogen-bond acceptors (Lipinski definition) is 6. The van der Waals surface area contributed by atoms with E-state index in [1.165, 1.54) is 23.1 Å². The van der Waals surface area contributed by atoms with Crippen LogP contribution in [0.15, 0.2) is 28.6 Å². The number of halogens is 1. The Morgan fingerprint density at radius 2 is 2.10 bits per heavy atom. The maximum atomic E-state index is 12.1. The first kappa shape index (κ1) is 16.1. The molecule has 0 bridgehead atoms. The summed E-state index contributed by atoms with van der Waals surface area (Å²) in [4.78, 5) is 12.1. The number of carbonyl (C=O) groups excluding carboxylic acids is 1. The molecule has 8 heteroatoms. The van der Waals surface area contributed by atoms with Crippen LogP contribution < -0.4 is 10.6 Å². The molecule has 0 unspecified atom stereocenters. The van der Waals surface area contributed by atoms with Gasteiger partial charge in [0.2, 0.25) is 11.0 Å². The monoisotopic (exact) mass is 342 g/mol. The fourth-order valence-electron chi connectivity index (χ4n) is 1.46. The van der Waals surface area contributed by atoms with E-state index < -0.39 is 0 Å². The molecule has 2 N–H and O–H groups in total. The lowest BCUT2D eigenvalue weighted by atomic mass is 10.3. The number of nitrogens with zero attached hydrogens (tertiary/aromatic N) is 2. The highest BCUT2D eigenvalue weighted by Crippen LogP contribution is 2.29. The number of hydrogen-bond donors (Lipinski definition) is 2. The maximum Gasteiger partial charge on any atom is 0.237 e. The Labute approximate surface area is 136 Å². The average molecular weight is 343 g/mol. The normalized spacial score (nSPS) is 12.0. The fraction of sp³-hybridized carbons (Fsp3) is 0.308. The molecule has 112 valence electrons. The molecule has 0 aliphatic carbocycles. The van der Waals surface area contributed by atoms with Crippen LogP contribution in [0, 0.1) is 0 Å². The van der Waals surface area contributed by atoms with E-state index in [-0.39, 0.29) is 11.2 Å². The van der Waals surface area contributed by atoms with Gasteiger partial charge in [-0.25, -0.2) is 0 Å². The molecule has 0 saturated carbocycles. The second kappa shape index (κ2) is 7.63. The third-order valence-electron chi connectivity index (χ3n) is 2.49. The number of anilines is 2. The van der Waals surface area contributed by atoms with Gasteiger partial charge in [0.1, 0.15) is 0 Å². The van der Waals surface area contributed by atoms with Crippen molar-refractivity contribution in [3.05, 3.63) is 29.3 Å². The van der Waals surface area contributed by atoms with Gasteiger partial charge in [0.15, 0.2) is 4.34 Å². The van der Waals surface area contributed by atoms with Gasteiger partial charge in [-0.05, 0) is 38.1 Å². The van der Waals surface area contributed by atoms with Gasteiger partial charge in [0.05, 0.1) is 5.25 Å². The van der Waals surface area contributed by atoms with Crippen LogP contribution in [0.25, 0.3) is 0 Å². The van der Waals surface area contributed by atoms with Crippen molar-refractivity contribution in [2.75, 3.05) is 17.2 Å². The van der Waals surface area contributed by atoms with Crippen LogP contribution in [0.5, 0.6) is 0 Å². The van der Waals surface area contributed by atoms with Gasteiger partial charge in [-0.2, -0.15) is 0 Å². The van der Waals surface area contributed by atoms with Gasteiger partial charge >= 0.3 is 0 Å². The molecule has 0 aliphatic rings. The molecule has 2 rings (SSSR count). The molecule has 0 radical (unpaired) electrons. The Hall–Kier alpha value is -1.31. The lowest BCUT2D eigenvalue weighted by Gasteiger charge is -2.10. The minimum atomic E-state index is -0.261. The molecule has 5 nitrogen and oxygen atoms in total. The summed E-state index contributed by atoms with van der Waals surface area (Å²) in [5, 5.41) is 15.1. The fourth-order valence-corrected chi connectivity index (χ4v) is 3.55. The molecule has 2 aromatic rings. The smallest absolute Gasteiger partial charge is 0.237 e. The van der Waals surface area contributed by atoms with Crippen LogP contribution in [0.2, 0.25) is 5.02 Å². The van der Waals surface area contributed by atoms with Crippen LogP contribution in [-0.2, 0) is 4.79 Å². The minimum absolute atomic E-state index is 0.0810. The first-order valence-electron chi connectivity index (χ1n) is 6.39. The molecule has 1 aromatic heterocycles. The molecule has 0 aliphatic heterocycles. The summed E-state index contributed by atoms with van der Waals surface area (Å²) in [6.07, 6.45) is 0. The van der Waals surface area contributed by atoms with Crippen molar-refractivity contribution in [2.24, 2.45) is 0 Å². The molecule has 1 heterocycles. The third kappa shape index (κ3) is 4.87. The van der Waals surface area contributed by atoms with Gasteiger partial charge < -0.3 is 10.6 Å². The van der Waals surface area contributed by atoms with Crippen LogP contribution in [0.4, 0.5) is 10.8 Å². The van der Waals surface area contributed by atoms with E-state index in [1.54, 1.807) is 24.3 Å². The SMILES string of the molecule is CCNc1nnc(S[C@H](C)C(=O)Nc2ccc(Cl)cc2)s1. The highest BCUT2D eigenvalue weighted by molar-refractivity contribution is 8.02. The number of thioether (sulfide) groups is 1. The number of nitrogens with one attached hydrogen (secondary N) is 2. The summed E-state index contributed by atoms with van der Waals surface area (Å²) < 4.78 is 0.768. The van der Waals surface area contributed by atoms with E-state index >= 15 is 0 Å². The Morgan fingerprint density at radius 3 is 2.76 bits per heavy atom. The van der Waals surface area contributed by atoms with E-state index in [9.17, 15) is 4.79 Å². The van der Waals surface area contributed by atoms with Gasteiger partial charge in [-0.15, -0.1) is 10.2 Å². The highest BCUT2D eigenvalue weighted by Gasteiger charge is 2.17. The van der Waals surface area contributed by atoms with Crippen molar-refractivity contribution < 1.29 is 4.79 Å². The predicted octanol–water partition coefficient (Wildman–Crippen LogP) is 3.74. The number of aromatic nitrogens is 2. The van der Waals surface area contributed by atoms with Crippen molar-refractivity contribution in [3.8, 4) is 0 Å². The maximum absolute atomic E-state index is 12.1. The minimum Gasteiger partial charge on any atom is -0.360 e. The zero-order valence-corrected chi connectivity index (χ0v) is 14.0. The Kier molecular flexibility index (Phi) is 5.84. The molecular weight excluding hydrogens is 328 g/mol. The van der Waals surface area contributed by atoms with E-state index in [4.69, 9.17) is 11.6 Å². The Morgan fingerprint density at radius 1 is 1.38 bits per heavy atom. The zero-order chi connectivity index (χ0) is 15.2. The third-order valence-corrected chi connectivity index (χ3v) is 4.81. The first-order valence-corrected chi connectivity index (χ1v) is 8.46. The van der Waals surface area contributed by atoms with E-state index in [1.807, 2.05) is 13.8 Å². The summed E-state index contributed by atoms with van der Waals surface area (Å²) in [7, 11) is 0. The second-order valence-electron chi connectivity index (χ2n) is 4.16. The van der Waals surface area contributed by atoms with E-state index in [0.717, 1.165) is 21.7 Å². The summed E-state index contributed by atoms with van der Waals surface area (Å²) >= 11 is 8.64. The highest BCUT2D eigenvalue weighted by atomic mass is 35.5. The van der Waals surface area contributed by atoms with Crippen LogP contribution in [-0.4, -0.2) is 27.9 Å². The topological polar surface area (TPSA) is 66.9 Å². The first-order chi connectivity index (χ1) is 10.1. The van der Waals surface area contributed by atoms with Crippen molar-refractivity contribution in [1.29, 1.82) is 0 Å². The quantitative estimate of drug-likeness (QED) is 0.783. The van der Waals surface area contributed by atoms with Gasteiger partial charge in [-0.3, -0.25) is 4.79 Å². The van der Waals surface area contributed by atoms with Crippen LogP contribution in [0.1, 0.15) is 13.8 Å². The van der Waals surface area contributed by atoms with Crippen LogP contribution >= 0.6 is 34.7 Å². The number of carbonyl (C=O) groups is 1. The van der Waals surface area contributed by atoms with E-state index in [0.29, 0.717) is 5.02 Å². The van der Waals surface area contributed by atoms with Gasteiger partial charge in [0, 0.05) is 17.3 Å². The molecule has 1 amide bonds. The Bertz CT molecular complexity index is 602. The van der Waals surface area contributed by atoms with E-state index in [2.05, 4.69) is 20.8 Å². The Balaban J connectivity index is 1.90. The largest absolute Gasteiger partial charge is 0.360 e. The molecule has 21 heavy (non-hydrogen) atoms. The zero-order valence-electron chi connectivity index (χ0n) is 11.6. The number of benzene rings is 1. The summed E-state index contributed by atoms with van der Waals surface area (Å²) in [5.41, 5.74) is 0.724. The number of amides is 1. The molecule has 0 saturated heterocycles. The number of rotatable bonds is 6. The van der Waals surface area contributed by atoms with Gasteiger partial charge in [-0.1, -0.05) is 34.7 Å². The molecule has 0 fully saturated rings. The summed E-state index contributed by atoms with van der Waals surface area (Å²) in [6, 6.07) is 7.02. The predicted molar refractivity (Wildman–Crippen MR) is 89.5 cm³/mol. The molecule has 1 aromatic carbocycles. The average Bonchev–Trinajstić information content (AvgIpc) is 2.89. The summed E-state index contributed by atoms with van der Waals surface area (Å²) in [5.74, 6) is -0.0810. The van der Waals surface area contributed by atoms with Crippen LogP contribution in [0.3, 0.4) is 0 Å². The van der Waals surface area contributed by atoms with Crippen molar-refractivity contribution in [1.82, 2.24) is 10.2 Å². The van der Waals surface area contributed by atoms with Crippen molar-refractivity contribution >= 4 is 51.4 Å². The lowest BCUT2D eigenvalue weighted by molar-refractivity contribution is -0.115. The van der Waals surface area contributed by atoms with Crippen molar-refractivity contribution in [3.63, 3.8) is 0 Å². The van der Waals surface area contributed by atoms with Crippen molar-refractivity contribution in [2.45, 2.75) is 23.4 Å². The molecule has 1 atom stereocenters. The molecule has 0 spiro atoms.